The molecule has 17 heavy (non-hydrogen) atoms. The quantitative estimate of drug-likeness (QED) is 0.835. The fourth-order valence-electron chi connectivity index (χ4n) is 1.63. The normalized spacial score (nSPS) is 12.4. The molecule has 0 fully saturated rings. The van der Waals surface area contributed by atoms with Crippen LogP contribution in [0.2, 0.25) is 0 Å². The van der Waals surface area contributed by atoms with Crippen LogP contribution in [0, 0.1) is 6.92 Å². The Kier molecular flexibility index (Phi) is 4.02. The number of hydrogen-bond donors (Lipinski definition) is 0. The summed E-state index contributed by atoms with van der Waals surface area (Å²) in [6.07, 6.45) is 1.71. The van der Waals surface area contributed by atoms with Crippen molar-refractivity contribution in [1.82, 2.24) is 0 Å². The van der Waals surface area contributed by atoms with Gasteiger partial charge in [-0.05, 0) is 42.8 Å². The second-order valence-corrected chi connectivity index (χ2v) is 6.29. The SMILES string of the molecule is Cc1cc(Sc2ccccc2)ccc1S(C)=O. The molecule has 0 aliphatic heterocycles. The Balaban J connectivity index is 2.24. The molecule has 1 unspecified atom stereocenters. The highest BCUT2D eigenvalue weighted by molar-refractivity contribution is 7.99. The highest BCUT2D eigenvalue weighted by Gasteiger charge is 2.04. The summed E-state index contributed by atoms with van der Waals surface area (Å²) in [7, 11) is -0.905. The molecule has 0 heterocycles. The van der Waals surface area contributed by atoms with Gasteiger partial charge in [-0.15, -0.1) is 0 Å². The summed E-state index contributed by atoms with van der Waals surface area (Å²) in [6.45, 7) is 2.01. The van der Waals surface area contributed by atoms with Gasteiger partial charge in [-0.1, -0.05) is 30.0 Å². The molecular formula is C14H14OS2. The Morgan fingerprint density at radius 1 is 1.00 bits per heavy atom. The van der Waals surface area contributed by atoms with E-state index in [9.17, 15) is 4.21 Å². The van der Waals surface area contributed by atoms with E-state index in [0.717, 1.165) is 10.5 Å². The fourth-order valence-corrected chi connectivity index (χ4v) is 3.34. The summed E-state index contributed by atoms with van der Waals surface area (Å²) < 4.78 is 11.4. The van der Waals surface area contributed by atoms with Crippen LogP contribution in [0.1, 0.15) is 5.56 Å². The molecule has 3 heteroatoms. The molecule has 88 valence electrons. The van der Waals surface area contributed by atoms with Gasteiger partial charge >= 0.3 is 0 Å². The smallest absolute Gasteiger partial charge is 0.0500 e. The molecule has 2 aromatic rings. The molecule has 0 aliphatic carbocycles. The van der Waals surface area contributed by atoms with Crippen LogP contribution in [0.15, 0.2) is 63.2 Å². The molecule has 1 atom stereocenters. The zero-order valence-corrected chi connectivity index (χ0v) is 11.5. The lowest BCUT2D eigenvalue weighted by Crippen LogP contribution is -1.91. The van der Waals surface area contributed by atoms with Crippen LogP contribution < -0.4 is 0 Å². The van der Waals surface area contributed by atoms with Crippen LogP contribution in [0.25, 0.3) is 0 Å². The van der Waals surface area contributed by atoms with Crippen molar-refractivity contribution in [3.05, 3.63) is 54.1 Å². The zero-order chi connectivity index (χ0) is 12.3. The van der Waals surface area contributed by atoms with Crippen LogP contribution in [0.5, 0.6) is 0 Å². The van der Waals surface area contributed by atoms with E-state index in [1.807, 2.05) is 37.3 Å². The third-order valence-corrected chi connectivity index (χ3v) is 4.51. The van der Waals surface area contributed by atoms with Gasteiger partial charge in [-0.25, -0.2) is 0 Å². The Morgan fingerprint density at radius 2 is 1.71 bits per heavy atom. The summed E-state index contributed by atoms with van der Waals surface area (Å²) in [5, 5.41) is 0. The maximum atomic E-state index is 11.4. The molecule has 0 radical (unpaired) electrons. The van der Waals surface area contributed by atoms with E-state index >= 15 is 0 Å². The van der Waals surface area contributed by atoms with Crippen molar-refractivity contribution in [2.24, 2.45) is 0 Å². The van der Waals surface area contributed by atoms with E-state index in [4.69, 9.17) is 0 Å². The number of aryl methyl sites for hydroxylation is 1. The second kappa shape index (κ2) is 5.52. The predicted octanol–water partition coefficient (Wildman–Crippen LogP) is 3.88. The lowest BCUT2D eigenvalue weighted by Gasteiger charge is -2.06. The molecule has 2 aromatic carbocycles. The van der Waals surface area contributed by atoms with Crippen LogP contribution in [-0.4, -0.2) is 10.5 Å². The van der Waals surface area contributed by atoms with E-state index in [2.05, 4.69) is 18.2 Å². The molecule has 1 nitrogen and oxygen atoms in total. The van der Waals surface area contributed by atoms with Gasteiger partial charge in [0.1, 0.15) is 0 Å². The summed E-state index contributed by atoms with van der Waals surface area (Å²) in [6, 6.07) is 16.3. The van der Waals surface area contributed by atoms with Crippen LogP contribution in [-0.2, 0) is 10.8 Å². The summed E-state index contributed by atoms with van der Waals surface area (Å²) in [5.41, 5.74) is 1.09. The van der Waals surface area contributed by atoms with Gasteiger partial charge in [-0.2, -0.15) is 0 Å². The molecule has 0 aromatic heterocycles. The first-order valence-corrected chi connectivity index (χ1v) is 7.71. The minimum Gasteiger partial charge on any atom is -0.255 e. The van der Waals surface area contributed by atoms with Crippen molar-refractivity contribution in [1.29, 1.82) is 0 Å². The van der Waals surface area contributed by atoms with E-state index in [1.54, 1.807) is 18.0 Å². The highest BCUT2D eigenvalue weighted by Crippen LogP contribution is 2.29. The van der Waals surface area contributed by atoms with Gasteiger partial charge in [-0.3, -0.25) is 4.21 Å². The molecule has 0 bridgehead atoms. The molecule has 0 saturated carbocycles. The Labute approximate surface area is 109 Å². The van der Waals surface area contributed by atoms with Gasteiger partial charge < -0.3 is 0 Å². The molecule has 0 saturated heterocycles. The first-order chi connectivity index (χ1) is 8.16. The average Bonchev–Trinajstić information content (AvgIpc) is 2.30. The monoisotopic (exact) mass is 262 g/mol. The van der Waals surface area contributed by atoms with E-state index in [-0.39, 0.29) is 0 Å². The number of benzene rings is 2. The molecule has 0 aliphatic rings. The predicted molar refractivity (Wildman–Crippen MR) is 74.1 cm³/mol. The molecular weight excluding hydrogens is 248 g/mol. The molecule has 0 N–H and O–H groups in total. The standard InChI is InChI=1S/C14H14OS2/c1-11-10-13(8-9-14(11)17(2)15)16-12-6-4-3-5-7-12/h3-10H,1-2H3. The molecule has 0 amide bonds. The van der Waals surface area contributed by atoms with Crippen LogP contribution in [0.3, 0.4) is 0 Å². The molecule has 2 rings (SSSR count). The van der Waals surface area contributed by atoms with Crippen LogP contribution in [0.4, 0.5) is 0 Å². The highest BCUT2D eigenvalue weighted by atomic mass is 32.2. The summed E-state index contributed by atoms with van der Waals surface area (Å²) >= 11 is 1.72. The van der Waals surface area contributed by atoms with Crippen molar-refractivity contribution >= 4 is 22.6 Å². The fraction of sp³-hybridized carbons (Fsp3) is 0.143. The number of hydrogen-bond acceptors (Lipinski definition) is 2. The van der Waals surface area contributed by atoms with E-state index in [1.165, 1.54) is 9.79 Å². The van der Waals surface area contributed by atoms with Gasteiger partial charge in [0.2, 0.25) is 0 Å². The van der Waals surface area contributed by atoms with Crippen molar-refractivity contribution in [3.63, 3.8) is 0 Å². The lowest BCUT2D eigenvalue weighted by atomic mass is 10.2. The van der Waals surface area contributed by atoms with E-state index < -0.39 is 10.8 Å². The lowest BCUT2D eigenvalue weighted by molar-refractivity contribution is 0.686. The summed E-state index contributed by atoms with van der Waals surface area (Å²) in [5.74, 6) is 0. The minimum atomic E-state index is -0.905. The maximum absolute atomic E-state index is 11.4. The van der Waals surface area contributed by atoms with Gasteiger partial charge in [0.25, 0.3) is 0 Å². The first kappa shape index (κ1) is 12.4. The zero-order valence-electron chi connectivity index (χ0n) is 9.84. The maximum Gasteiger partial charge on any atom is 0.0500 e. The Bertz CT molecular complexity index is 535. The minimum absolute atomic E-state index is 0.905. The summed E-state index contributed by atoms with van der Waals surface area (Å²) in [4.78, 5) is 3.32. The van der Waals surface area contributed by atoms with Gasteiger partial charge in [0, 0.05) is 20.9 Å². The van der Waals surface area contributed by atoms with E-state index in [0.29, 0.717) is 0 Å². The molecule has 0 spiro atoms. The average molecular weight is 262 g/mol. The van der Waals surface area contributed by atoms with Crippen molar-refractivity contribution in [2.75, 3.05) is 6.26 Å². The third kappa shape index (κ3) is 3.20. The van der Waals surface area contributed by atoms with Crippen molar-refractivity contribution in [2.45, 2.75) is 21.6 Å². The topological polar surface area (TPSA) is 17.1 Å². The van der Waals surface area contributed by atoms with Crippen molar-refractivity contribution < 1.29 is 4.21 Å². The third-order valence-electron chi connectivity index (χ3n) is 2.43. The largest absolute Gasteiger partial charge is 0.255 e. The first-order valence-electron chi connectivity index (χ1n) is 5.34. The number of rotatable bonds is 3. The van der Waals surface area contributed by atoms with Crippen molar-refractivity contribution in [3.8, 4) is 0 Å². The van der Waals surface area contributed by atoms with Gasteiger partial charge in [0.05, 0.1) is 10.8 Å². The van der Waals surface area contributed by atoms with Crippen LogP contribution >= 0.6 is 11.8 Å². The Morgan fingerprint density at radius 3 is 2.29 bits per heavy atom. The second-order valence-electron chi connectivity index (χ2n) is 3.80. The Hall–Kier alpha value is -1.06. The van der Waals surface area contributed by atoms with Gasteiger partial charge in [0.15, 0.2) is 0 Å².